The summed E-state index contributed by atoms with van der Waals surface area (Å²) in [6.07, 6.45) is 0. The van der Waals surface area contributed by atoms with Crippen LogP contribution in [0, 0.1) is 0 Å². The number of benzene rings is 2. The number of hydrogen-bond acceptors (Lipinski definition) is 3. The van der Waals surface area contributed by atoms with Gasteiger partial charge >= 0.3 is 5.97 Å². The normalized spacial score (nSPS) is 10.3. The zero-order valence-electron chi connectivity index (χ0n) is 10.7. The van der Waals surface area contributed by atoms with Crippen LogP contribution >= 0.6 is 39.3 Å². The van der Waals surface area contributed by atoms with Crippen molar-refractivity contribution in [1.82, 2.24) is 0 Å². The lowest BCUT2D eigenvalue weighted by Gasteiger charge is -2.06. The van der Waals surface area contributed by atoms with Crippen LogP contribution < -0.4 is 0 Å². The summed E-state index contributed by atoms with van der Waals surface area (Å²) in [6.45, 7) is 2.17. The van der Waals surface area contributed by atoms with Crippen LogP contribution in [0.15, 0.2) is 56.7 Å². The Balaban J connectivity index is 2.12. The van der Waals surface area contributed by atoms with Gasteiger partial charge in [-0.2, -0.15) is 0 Å². The van der Waals surface area contributed by atoms with Crippen molar-refractivity contribution in [2.45, 2.75) is 16.7 Å². The molecular formula is C15H12BrClO2S. The summed E-state index contributed by atoms with van der Waals surface area (Å²) in [4.78, 5) is 13.5. The van der Waals surface area contributed by atoms with Crippen molar-refractivity contribution >= 4 is 45.3 Å². The van der Waals surface area contributed by atoms with Crippen molar-refractivity contribution in [2.24, 2.45) is 0 Å². The van der Waals surface area contributed by atoms with Gasteiger partial charge in [0.25, 0.3) is 0 Å². The van der Waals surface area contributed by atoms with E-state index >= 15 is 0 Å². The predicted octanol–water partition coefficient (Wildman–Crippen LogP) is 5.43. The second-order valence-electron chi connectivity index (χ2n) is 3.92. The van der Waals surface area contributed by atoms with Crippen LogP contribution in [-0.2, 0) is 4.74 Å². The lowest BCUT2D eigenvalue weighted by Crippen LogP contribution is -2.03. The highest BCUT2D eigenvalue weighted by Gasteiger charge is 2.07. The smallest absolute Gasteiger partial charge is 0.338 e. The molecule has 0 bridgehead atoms. The second kappa shape index (κ2) is 7.16. The summed E-state index contributed by atoms with van der Waals surface area (Å²) < 4.78 is 5.89. The van der Waals surface area contributed by atoms with Gasteiger partial charge in [0.2, 0.25) is 0 Å². The standard InChI is InChI=1S/C15H12BrClO2S/c1-2-19-15(18)10-3-6-12(7-4-10)20-14-8-5-11(16)9-13(14)17/h3-9H,2H2,1H3. The Bertz CT molecular complexity index is 614. The molecule has 20 heavy (non-hydrogen) atoms. The highest BCUT2D eigenvalue weighted by Crippen LogP contribution is 2.34. The van der Waals surface area contributed by atoms with Crippen molar-refractivity contribution in [3.8, 4) is 0 Å². The molecule has 2 aromatic carbocycles. The van der Waals surface area contributed by atoms with Gasteiger partial charge in [-0.3, -0.25) is 0 Å². The zero-order valence-corrected chi connectivity index (χ0v) is 13.9. The lowest BCUT2D eigenvalue weighted by molar-refractivity contribution is 0.0526. The molecule has 2 nitrogen and oxygen atoms in total. The summed E-state index contributed by atoms with van der Waals surface area (Å²) >= 11 is 11.1. The maximum absolute atomic E-state index is 11.6. The molecule has 0 heterocycles. The molecule has 0 aliphatic heterocycles. The third kappa shape index (κ3) is 4.01. The Morgan fingerprint density at radius 2 is 1.95 bits per heavy atom. The van der Waals surface area contributed by atoms with E-state index in [0.29, 0.717) is 17.2 Å². The first-order chi connectivity index (χ1) is 9.60. The fraction of sp³-hybridized carbons (Fsp3) is 0.133. The van der Waals surface area contributed by atoms with Gasteiger partial charge in [0, 0.05) is 14.3 Å². The minimum absolute atomic E-state index is 0.300. The van der Waals surface area contributed by atoms with Crippen LogP contribution in [0.4, 0.5) is 0 Å². The predicted molar refractivity (Wildman–Crippen MR) is 85.7 cm³/mol. The van der Waals surface area contributed by atoms with Gasteiger partial charge < -0.3 is 4.74 Å². The van der Waals surface area contributed by atoms with E-state index in [2.05, 4.69) is 15.9 Å². The molecule has 0 saturated heterocycles. The number of hydrogen-bond donors (Lipinski definition) is 0. The summed E-state index contributed by atoms with van der Waals surface area (Å²) in [5, 5.41) is 0.693. The first-order valence-electron chi connectivity index (χ1n) is 6.00. The van der Waals surface area contributed by atoms with Crippen LogP contribution in [0.3, 0.4) is 0 Å². The minimum Gasteiger partial charge on any atom is -0.462 e. The Labute approximate surface area is 135 Å². The first kappa shape index (κ1) is 15.4. The molecule has 0 amide bonds. The van der Waals surface area contributed by atoms with E-state index in [4.69, 9.17) is 16.3 Å². The molecule has 0 spiro atoms. The Morgan fingerprint density at radius 1 is 1.25 bits per heavy atom. The van der Waals surface area contributed by atoms with E-state index in [0.717, 1.165) is 14.3 Å². The van der Waals surface area contributed by atoms with Crippen molar-refractivity contribution in [3.63, 3.8) is 0 Å². The van der Waals surface area contributed by atoms with Crippen molar-refractivity contribution in [3.05, 3.63) is 57.5 Å². The number of rotatable bonds is 4. The summed E-state index contributed by atoms with van der Waals surface area (Å²) in [5.41, 5.74) is 0.554. The van der Waals surface area contributed by atoms with Gasteiger partial charge in [-0.25, -0.2) is 4.79 Å². The van der Waals surface area contributed by atoms with E-state index in [1.165, 1.54) is 0 Å². The average Bonchev–Trinajstić information content (AvgIpc) is 2.43. The van der Waals surface area contributed by atoms with E-state index in [1.807, 2.05) is 30.3 Å². The third-order valence-corrected chi connectivity index (χ3v) is 4.49. The van der Waals surface area contributed by atoms with E-state index in [9.17, 15) is 4.79 Å². The van der Waals surface area contributed by atoms with E-state index in [-0.39, 0.29) is 5.97 Å². The van der Waals surface area contributed by atoms with Crippen molar-refractivity contribution in [2.75, 3.05) is 6.61 Å². The number of esters is 1. The molecule has 0 aliphatic carbocycles. The summed E-state index contributed by atoms with van der Waals surface area (Å²) in [7, 11) is 0. The molecule has 2 rings (SSSR count). The van der Waals surface area contributed by atoms with Gasteiger partial charge in [0.15, 0.2) is 0 Å². The molecule has 5 heteroatoms. The van der Waals surface area contributed by atoms with Crippen LogP contribution in [0.1, 0.15) is 17.3 Å². The molecule has 0 saturated carbocycles. The maximum Gasteiger partial charge on any atom is 0.338 e. The van der Waals surface area contributed by atoms with Crippen molar-refractivity contribution < 1.29 is 9.53 Å². The SMILES string of the molecule is CCOC(=O)c1ccc(Sc2ccc(Br)cc2Cl)cc1. The Kier molecular flexibility index (Phi) is 5.52. The number of carbonyl (C=O) groups is 1. The summed E-state index contributed by atoms with van der Waals surface area (Å²) in [6, 6.07) is 13.0. The molecule has 0 unspecified atom stereocenters. The van der Waals surface area contributed by atoms with Crippen LogP contribution in [0.2, 0.25) is 5.02 Å². The Morgan fingerprint density at radius 3 is 2.55 bits per heavy atom. The molecule has 104 valence electrons. The van der Waals surface area contributed by atoms with Gasteiger partial charge in [-0.1, -0.05) is 39.3 Å². The first-order valence-corrected chi connectivity index (χ1v) is 7.99. The maximum atomic E-state index is 11.6. The molecule has 0 aliphatic rings. The number of carbonyl (C=O) groups excluding carboxylic acids is 1. The average molecular weight is 372 g/mol. The summed E-state index contributed by atoms with van der Waals surface area (Å²) in [5.74, 6) is -0.300. The highest BCUT2D eigenvalue weighted by atomic mass is 79.9. The molecule has 0 aromatic heterocycles. The van der Waals surface area contributed by atoms with Gasteiger partial charge in [0.1, 0.15) is 0 Å². The van der Waals surface area contributed by atoms with Crippen LogP contribution in [-0.4, -0.2) is 12.6 Å². The van der Waals surface area contributed by atoms with Gasteiger partial charge in [0.05, 0.1) is 17.2 Å². The fourth-order valence-electron chi connectivity index (χ4n) is 1.56. The largest absolute Gasteiger partial charge is 0.462 e. The molecule has 0 fully saturated rings. The molecule has 2 aromatic rings. The monoisotopic (exact) mass is 370 g/mol. The van der Waals surface area contributed by atoms with E-state index in [1.54, 1.807) is 30.8 Å². The van der Waals surface area contributed by atoms with Gasteiger partial charge in [-0.05, 0) is 49.4 Å². The quantitative estimate of drug-likeness (QED) is 0.670. The molecule has 0 atom stereocenters. The third-order valence-electron chi connectivity index (χ3n) is 2.49. The second-order valence-corrected chi connectivity index (χ2v) is 6.36. The highest BCUT2D eigenvalue weighted by molar-refractivity contribution is 9.10. The molecule has 0 N–H and O–H groups in total. The van der Waals surface area contributed by atoms with Gasteiger partial charge in [-0.15, -0.1) is 0 Å². The number of halogens is 2. The topological polar surface area (TPSA) is 26.3 Å². The van der Waals surface area contributed by atoms with Crippen LogP contribution in [0.5, 0.6) is 0 Å². The lowest BCUT2D eigenvalue weighted by atomic mass is 10.2. The molecule has 0 radical (unpaired) electrons. The van der Waals surface area contributed by atoms with Crippen LogP contribution in [0.25, 0.3) is 0 Å². The van der Waals surface area contributed by atoms with Crippen molar-refractivity contribution in [1.29, 1.82) is 0 Å². The zero-order chi connectivity index (χ0) is 14.5. The van der Waals surface area contributed by atoms with E-state index < -0.39 is 0 Å². The molecular weight excluding hydrogens is 360 g/mol. The minimum atomic E-state index is -0.300. The fourth-order valence-corrected chi connectivity index (χ4v) is 3.17. The number of ether oxygens (including phenoxy) is 1. The Hall–Kier alpha value is -0.970.